The van der Waals surface area contributed by atoms with Crippen molar-refractivity contribution in [1.82, 2.24) is 9.99 Å². The van der Waals surface area contributed by atoms with Crippen LogP contribution in [0.4, 0.5) is 11.4 Å². The Morgan fingerprint density at radius 1 is 1.02 bits per heavy atom. The molecular formula is C31H29N5O4. The number of hydrogen-bond acceptors (Lipinski definition) is 8. The molecule has 1 aliphatic rings. The van der Waals surface area contributed by atoms with Gasteiger partial charge in [0.2, 0.25) is 6.41 Å². The number of nitriles is 1. The average Bonchev–Trinajstić information content (AvgIpc) is 3.01. The largest absolute Gasteiger partial charge is 0.493 e. The molecular weight excluding hydrogens is 506 g/mol. The molecule has 1 aliphatic heterocycles. The van der Waals surface area contributed by atoms with Crippen LogP contribution in [0.1, 0.15) is 5.56 Å². The van der Waals surface area contributed by atoms with Gasteiger partial charge in [0.15, 0.2) is 11.5 Å². The molecule has 3 aromatic carbocycles. The molecule has 9 nitrogen and oxygen atoms in total. The predicted octanol–water partition coefficient (Wildman–Crippen LogP) is 5.17. The van der Waals surface area contributed by atoms with Gasteiger partial charge in [-0.1, -0.05) is 30.9 Å². The van der Waals surface area contributed by atoms with Gasteiger partial charge in [-0.15, -0.1) is 0 Å². The van der Waals surface area contributed by atoms with Crippen molar-refractivity contribution in [3.63, 3.8) is 0 Å². The van der Waals surface area contributed by atoms with E-state index >= 15 is 0 Å². The van der Waals surface area contributed by atoms with Crippen molar-refractivity contribution >= 4 is 28.7 Å². The summed E-state index contributed by atoms with van der Waals surface area (Å²) in [5.74, 6) is 2.55. The fraction of sp³-hybridized carbons (Fsp3) is 0.194. The van der Waals surface area contributed by atoms with Crippen LogP contribution in [0, 0.1) is 11.3 Å². The topological polar surface area (TPSA) is 91.2 Å². The van der Waals surface area contributed by atoms with Crippen LogP contribution in [0.2, 0.25) is 0 Å². The minimum absolute atomic E-state index is 0.336. The van der Waals surface area contributed by atoms with Crippen molar-refractivity contribution in [2.45, 2.75) is 0 Å². The summed E-state index contributed by atoms with van der Waals surface area (Å²) in [5.41, 5.74) is 2.71. The van der Waals surface area contributed by atoms with Gasteiger partial charge in [0.1, 0.15) is 24.2 Å². The molecule has 0 unspecified atom stereocenters. The first-order valence-electron chi connectivity index (χ1n) is 12.9. The predicted molar refractivity (Wildman–Crippen MR) is 154 cm³/mol. The molecule has 0 N–H and O–H groups in total. The number of piperazine rings is 1. The molecule has 0 aliphatic carbocycles. The summed E-state index contributed by atoms with van der Waals surface area (Å²) >= 11 is 0. The van der Waals surface area contributed by atoms with Crippen molar-refractivity contribution < 1.29 is 19.0 Å². The number of benzene rings is 3. The highest BCUT2D eigenvalue weighted by Gasteiger charge is 2.26. The molecule has 5 rings (SSSR count). The van der Waals surface area contributed by atoms with E-state index in [-0.39, 0.29) is 0 Å². The van der Waals surface area contributed by atoms with Crippen LogP contribution in [-0.4, -0.2) is 56.3 Å². The number of hydrazine groups is 1. The number of carbonyl (C=O) groups is 1. The van der Waals surface area contributed by atoms with Gasteiger partial charge in [0.25, 0.3) is 0 Å². The highest BCUT2D eigenvalue weighted by atomic mass is 16.5. The van der Waals surface area contributed by atoms with E-state index in [1.54, 1.807) is 24.4 Å². The Morgan fingerprint density at radius 2 is 1.75 bits per heavy atom. The first-order valence-corrected chi connectivity index (χ1v) is 12.9. The quantitative estimate of drug-likeness (QED) is 0.203. The molecule has 0 saturated carbocycles. The van der Waals surface area contributed by atoms with Crippen LogP contribution in [0.5, 0.6) is 23.0 Å². The number of carbonyl (C=O) groups excluding carboxylic acids is 1. The Morgan fingerprint density at radius 3 is 2.40 bits per heavy atom. The number of anilines is 2. The van der Waals surface area contributed by atoms with Crippen molar-refractivity contribution in [3.05, 3.63) is 91.1 Å². The summed E-state index contributed by atoms with van der Waals surface area (Å²) in [6.07, 6.45) is 4.07. The molecule has 0 radical (unpaired) electrons. The number of hydrogen-bond donors (Lipinski definition) is 0. The molecule has 1 aromatic heterocycles. The summed E-state index contributed by atoms with van der Waals surface area (Å²) in [5, 5.41) is 14.3. The maximum absolute atomic E-state index is 12.1. The lowest BCUT2D eigenvalue weighted by atomic mass is 10.1. The number of methoxy groups -OCH3 is 1. The molecule has 1 amide bonds. The number of fused-ring (bicyclic) bond motifs is 1. The van der Waals surface area contributed by atoms with Gasteiger partial charge in [0.05, 0.1) is 29.6 Å². The average molecular weight is 536 g/mol. The lowest BCUT2D eigenvalue weighted by molar-refractivity contribution is -0.110. The molecule has 9 heteroatoms. The van der Waals surface area contributed by atoms with E-state index in [9.17, 15) is 10.1 Å². The van der Waals surface area contributed by atoms with Crippen molar-refractivity contribution in [2.75, 3.05) is 49.8 Å². The molecule has 0 atom stereocenters. The van der Waals surface area contributed by atoms with Crippen LogP contribution in [0.3, 0.4) is 0 Å². The van der Waals surface area contributed by atoms with Crippen molar-refractivity contribution in [3.8, 4) is 29.1 Å². The highest BCUT2D eigenvalue weighted by Crippen LogP contribution is 2.38. The SMILES string of the molecule is C=CCOc1cc2ncc(C#N)c(N3CCN(N(C=O)c4ccc(Oc5ccccc5)cc4)CC3)c2cc1OC. The first kappa shape index (κ1) is 26.5. The fourth-order valence-electron chi connectivity index (χ4n) is 4.75. The van der Waals surface area contributed by atoms with Gasteiger partial charge >= 0.3 is 0 Å². The zero-order valence-corrected chi connectivity index (χ0v) is 22.2. The van der Waals surface area contributed by atoms with Gasteiger partial charge in [-0.05, 0) is 42.5 Å². The summed E-state index contributed by atoms with van der Waals surface area (Å²) in [4.78, 5) is 18.8. The zero-order valence-electron chi connectivity index (χ0n) is 22.2. The molecule has 202 valence electrons. The Bertz CT molecular complexity index is 1530. The second-order valence-corrected chi connectivity index (χ2v) is 9.05. The van der Waals surface area contributed by atoms with Crippen molar-refractivity contribution in [2.24, 2.45) is 0 Å². The van der Waals surface area contributed by atoms with Crippen LogP contribution in [-0.2, 0) is 4.79 Å². The minimum atomic E-state index is 0.336. The summed E-state index contributed by atoms with van der Waals surface area (Å²) < 4.78 is 17.2. The van der Waals surface area contributed by atoms with Crippen LogP contribution in [0.15, 0.2) is 85.6 Å². The maximum Gasteiger partial charge on any atom is 0.228 e. The number of aromatic nitrogens is 1. The number of nitrogens with zero attached hydrogens (tertiary/aromatic N) is 5. The van der Waals surface area contributed by atoms with E-state index in [1.165, 1.54) is 0 Å². The summed E-state index contributed by atoms with van der Waals surface area (Å²) in [7, 11) is 1.58. The maximum atomic E-state index is 12.1. The second-order valence-electron chi connectivity index (χ2n) is 9.05. The monoisotopic (exact) mass is 535 g/mol. The number of ether oxygens (including phenoxy) is 3. The summed E-state index contributed by atoms with van der Waals surface area (Å²) in [6, 6.07) is 22.9. The van der Waals surface area contributed by atoms with Crippen LogP contribution < -0.4 is 24.1 Å². The molecule has 40 heavy (non-hydrogen) atoms. The lowest BCUT2D eigenvalue weighted by Crippen LogP contribution is -2.54. The van der Waals surface area contributed by atoms with E-state index in [4.69, 9.17) is 14.2 Å². The number of amides is 1. The number of rotatable bonds is 10. The molecule has 1 fully saturated rings. The molecule has 0 bridgehead atoms. The van der Waals surface area contributed by atoms with E-state index in [1.807, 2.05) is 71.7 Å². The third-order valence-corrected chi connectivity index (χ3v) is 6.66. The first-order chi connectivity index (χ1) is 19.6. The molecule has 2 heterocycles. The number of pyridine rings is 1. The van der Waals surface area contributed by atoms with Crippen LogP contribution in [0.25, 0.3) is 10.9 Å². The molecule has 4 aromatic rings. The van der Waals surface area contributed by atoms with E-state index in [2.05, 4.69) is 22.5 Å². The van der Waals surface area contributed by atoms with Gasteiger partial charge < -0.3 is 19.1 Å². The Labute approximate surface area is 233 Å². The minimum Gasteiger partial charge on any atom is -0.493 e. The standard InChI is InChI=1S/C31H29N5O4/c1-3-17-39-30-19-28-27(18-29(30)38-2)31(23(20-32)21-33-28)34-13-15-35(16-14-34)36(22-37)24-9-11-26(12-10-24)40-25-7-5-4-6-8-25/h3-12,18-19,21-22H,1,13-17H2,2H3. The molecule has 1 saturated heterocycles. The van der Waals surface area contributed by atoms with E-state index < -0.39 is 0 Å². The number of para-hydroxylation sites is 1. The van der Waals surface area contributed by atoms with E-state index in [0.29, 0.717) is 61.1 Å². The third kappa shape index (κ3) is 5.53. The normalized spacial score (nSPS) is 13.3. The highest BCUT2D eigenvalue weighted by molar-refractivity contribution is 5.96. The van der Waals surface area contributed by atoms with Gasteiger partial charge in [-0.3, -0.25) is 9.78 Å². The van der Waals surface area contributed by atoms with E-state index in [0.717, 1.165) is 28.9 Å². The van der Waals surface area contributed by atoms with Crippen LogP contribution >= 0.6 is 0 Å². The van der Waals surface area contributed by atoms with Gasteiger partial charge in [-0.25, -0.2) is 10.0 Å². The Balaban J connectivity index is 1.34. The Hall–Kier alpha value is -5.07. The Kier molecular flexibility index (Phi) is 8.09. The van der Waals surface area contributed by atoms with Gasteiger partial charge in [0, 0.05) is 43.8 Å². The molecule has 0 spiro atoms. The third-order valence-electron chi connectivity index (χ3n) is 6.66. The van der Waals surface area contributed by atoms with Crippen molar-refractivity contribution in [1.29, 1.82) is 5.26 Å². The fourth-order valence-corrected chi connectivity index (χ4v) is 4.75. The lowest BCUT2D eigenvalue weighted by Gasteiger charge is -2.40. The summed E-state index contributed by atoms with van der Waals surface area (Å²) in [6.45, 7) is 6.39. The second kappa shape index (κ2) is 12.2. The zero-order chi connectivity index (χ0) is 27.9. The smallest absolute Gasteiger partial charge is 0.228 e. The van der Waals surface area contributed by atoms with Gasteiger partial charge in [-0.2, -0.15) is 5.26 Å².